The molecule has 0 aromatic rings. The third kappa shape index (κ3) is 1.25. The minimum absolute atomic E-state index is 0.822. The second-order valence-electron chi connectivity index (χ2n) is 2.70. The Morgan fingerprint density at radius 1 is 1.78 bits per heavy atom. The van der Waals surface area contributed by atoms with E-state index in [1.54, 1.807) is 0 Å². The molecule has 0 saturated heterocycles. The van der Waals surface area contributed by atoms with Crippen molar-refractivity contribution in [1.29, 1.82) is 0 Å². The molecule has 1 unspecified atom stereocenters. The van der Waals surface area contributed by atoms with E-state index >= 15 is 0 Å². The van der Waals surface area contributed by atoms with Gasteiger partial charge in [-0.05, 0) is 37.2 Å². The van der Waals surface area contributed by atoms with Crippen molar-refractivity contribution in [2.24, 2.45) is 5.92 Å². The summed E-state index contributed by atoms with van der Waals surface area (Å²) in [7, 11) is 0. The van der Waals surface area contributed by atoms with E-state index in [0.29, 0.717) is 0 Å². The van der Waals surface area contributed by atoms with Crippen LogP contribution in [0.5, 0.6) is 0 Å². The van der Waals surface area contributed by atoms with Crippen LogP contribution >= 0.6 is 0 Å². The van der Waals surface area contributed by atoms with Gasteiger partial charge < -0.3 is 0 Å². The zero-order valence-electron chi connectivity index (χ0n) is 6.11. The van der Waals surface area contributed by atoms with Crippen molar-refractivity contribution in [3.8, 4) is 0 Å². The van der Waals surface area contributed by atoms with Crippen molar-refractivity contribution >= 4 is 0 Å². The summed E-state index contributed by atoms with van der Waals surface area (Å²) in [4.78, 5) is 0. The summed E-state index contributed by atoms with van der Waals surface area (Å²) in [5.74, 6) is 0.822. The Hall–Kier alpha value is -0.480. The first-order valence-electron chi connectivity index (χ1n) is 3.77. The van der Waals surface area contributed by atoms with Crippen LogP contribution in [0.2, 0.25) is 0 Å². The van der Waals surface area contributed by atoms with Crippen LogP contribution in [0.3, 0.4) is 0 Å². The molecule has 0 aromatic carbocycles. The fourth-order valence-electron chi connectivity index (χ4n) is 1.60. The molecule has 1 fully saturated rings. The molecule has 1 aliphatic carbocycles. The minimum atomic E-state index is 0.822. The van der Waals surface area contributed by atoms with Crippen molar-refractivity contribution in [2.75, 3.05) is 0 Å². The second-order valence-corrected chi connectivity index (χ2v) is 2.70. The molecule has 50 valence electrons. The van der Waals surface area contributed by atoms with E-state index in [0.717, 1.165) is 5.92 Å². The molecule has 1 atom stereocenters. The molecular formula is C9H14. The summed E-state index contributed by atoms with van der Waals surface area (Å²) in [6, 6.07) is 0. The predicted octanol–water partition coefficient (Wildman–Crippen LogP) is 2.91. The van der Waals surface area contributed by atoms with Gasteiger partial charge in [0.05, 0.1) is 0 Å². The zero-order valence-corrected chi connectivity index (χ0v) is 6.11. The Bertz CT molecular complexity index is 138. The lowest BCUT2D eigenvalue weighted by atomic mass is 10.0. The molecule has 9 heavy (non-hydrogen) atoms. The van der Waals surface area contributed by atoms with Crippen LogP contribution in [0.25, 0.3) is 0 Å². The summed E-state index contributed by atoms with van der Waals surface area (Å²) in [5, 5.41) is 0. The average molecular weight is 122 g/mol. The monoisotopic (exact) mass is 122 g/mol. The first-order chi connectivity index (χ1) is 4.38. The van der Waals surface area contributed by atoms with Gasteiger partial charge in [-0.1, -0.05) is 13.5 Å². The van der Waals surface area contributed by atoms with Gasteiger partial charge in [0.2, 0.25) is 0 Å². The maximum absolute atomic E-state index is 3.68. The summed E-state index contributed by atoms with van der Waals surface area (Å²) >= 11 is 0. The largest absolute Gasteiger partial charge is 0.129 e. The van der Waals surface area contributed by atoms with Crippen molar-refractivity contribution in [1.82, 2.24) is 0 Å². The number of rotatable bonds is 1. The Kier molecular flexibility index (Phi) is 2.13. The zero-order chi connectivity index (χ0) is 6.69. The second kappa shape index (κ2) is 2.89. The van der Waals surface area contributed by atoms with Gasteiger partial charge in [0, 0.05) is 0 Å². The third-order valence-corrected chi connectivity index (χ3v) is 2.21. The molecule has 0 aromatic heterocycles. The van der Waals surface area contributed by atoms with E-state index in [1.807, 2.05) is 0 Å². The first-order valence-corrected chi connectivity index (χ1v) is 3.77. The molecule has 1 rings (SSSR count). The third-order valence-electron chi connectivity index (χ3n) is 2.21. The Morgan fingerprint density at radius 2 is 2.56 bits per heavy atom. The summed E-state index contributed by atoms with van der Waals surface area (Å²) in [6.45, 7) is 5.92. The molecule has 0 heteroatoms. The van der Waals surface area contributed by atoms with E-state index in [9.17, 15) is 0 Å². The molecular weight excluding hydrogens is 108 g/mol. The molecule has 0 radical (unpaired) electrons. The topological polar surface area (TPSA) is 0 Å². The van der Waals surface area contributed by atoms with Crippen molar-refractivity contribution in [2.45, 2.75) is 32.6 Å². The SMILES string of the molecule is C=C=C1CCCC1CC. The standard InChI is InChI=1S/C9H14/c1-3-8-6-5-7-9(8)4-2/h9H,1,4-7H2,2H3. The highest BCUT2D eigenvalue weighted by Crippen LogP contribution is 2.31. The lowest BCUT2D eigenvalue weighted by Crippen LogP contribution is -1.91. The van der Waals surface area contributed by atoms with Gasteiger partial charge in [-0.2, -0.15) is 0 Å². The Morgan fingerprint density at radius 3 is 3.00 bits per heavy atom. The van der Waals surface area contributed by atoms with Crippen LogP contribution in [0, 0.1) is 5.92 Å². The number of hydrogen-bond acceptors (Lipinski definition) is 0. The van der Waals surface area contributed by atoms with E-state index in [1.165, 1.54) is 31.3 Å². The molecule has 1 aliphatic rings. The van der Waals surface area contributed by atoms with Gasteiger partial charge in [0.25, 0.3) is 0 Å². The van der Waals surface area contributed by atoms with Crippen molar-refractivity contribution in [3.05, 3.63) is 17.9 Å². The Balaban J connectivity index is 2.62. The highest BCUT2D eigenvalue weighted by Gasteiger charge is 2.17. The van der Waals surface area contributed by atoms with Crippen LogP contribution in [-0.4, -0.2) is 0 Å². The average Bonchev–Trinajstić information content (AvgIpc) is 2.33. The van der Waals surface area contributed by atoms with E-state index in [2.05, 4.69) is 19.2 Å². The van der Waals surface area contributed by atoms with Gasteiger partial charge in [0.15, 0.2) is 0 Å². The Labute approximate surface area is 57.3 Å². The van der Waals surface area contributed by atoms with Crippen LogP contribution in [-0.2, 0) is 0 Å². The lowest BCUT2D eigenvalue weighted by Gasteiger charge is -2.03. The van der Waals surface area contributed by atoms with Gasteiger partial charge in [-0.3, -0.25) is 0 Å². The molecule has 0 nitrogen and oxygen atoms in total. The molecule has 0 bridgehead atoms. The van der Waals surface area contributed by atoms with Gasteiger partial charge in [-0.25, -0.2) is 0 Å². The van der Waals surface area contributed by atoms with Crippen molar-refractivity contribution in [3.63, 3.8) is 0 Å². The predicted molar refractivity (Wildman–Crippen MR) is 40.3 cm³/mol. The quantitative estimate of drug-likeness (QED) is 0.469. The van der Waals surface area contributed by atoms with E-state index < -0.39 is 0 Å². The first kappa shape index (κ1) is 6.64. The minimum Gasteiger partial charge on any atom is -0.129 e. The molecule has 0 aliphatic heterocycles. The molecule has 0 heterocycles. The lowest BCUT2D eigenvalue weighted by molar-refractivity contribution is 0.607. The summed E-state index contributed by atoms with van der Waals surface area (Å²) in [6.07, 6.45) is 5.25. The maximum atomic E-state index is 3.68. The highest BCUT2D eigenvalue weighted by atomic mass is 14.2. The van der Waals surface area contributed by atoms with Crippen LogP contribution in [0.4, 0.5) is 0 Å². The van der Waals surface area contributed by atoms with Crippen LogP contribution < -0.4 is 0 Å². The van der Waals surface area contributed by atoms with Crippen LogP contribution in [0.1, 0.15) is 32.6 Å². The van der Waals surface area contributed by atoms with Gasteiger partial charge in [0.1, 0.15) is 0 Å². The summed E-state index contributed by atoms with van der Waals surface area (Å²) < 4.78 is 0. The highest BCUT2D eigenvalue weighted by molar-refractivity contribution is 5.08. The van der Waals surface area contributed by atoms with Crippen molar-refractivity contribution < 1.29 is 0 Å². The molecule has 1 saturated carbocycles. The maximum Gasteiger partial charge on any atom is -0.0130 e. The molecule has 0 N–H and O–H groups in total. The van der Waals surface area contributed by atoms with Gasteiger partial charge in [-0.15, -0.1) is 5.73 Å². The summed E-state index contributed by atoms with van der Waals surface area (Å²) in [5.41, 5.74) is 4.50. The molecule has 0 spiro atoms. The van der Waals surface area contributed by atoms with E-state index in [4.69, 9.17) is 0 Å². The van der Waals surface area contributed by atoms with E-state index in [-0.39, 0.29) is 0 Å². The fraction of sp³-hybridized carbons (Fsp3) is 0.667. The smallest absolute Gasteiger partial charge is 0.0130 e. The number of allylic oxidation sites excluding steroid dienone is 1. The van der Waals surface area contributed by atoms with Gasteiger partial charge >= 0.3 is 0 Å². The molecule has 0 amide bonds. The fourth-order valence-corrected chi connectivity index (χ4v) is 1.60. The van der Waals surface area contributed by atoms with Crippen LogP contribution in [0.15, 0.2) is 17.9 Å². The normalized spacial score (nSPS) is 26.3. The number of hydrogen-bond donors (Lipinski definition) is 0.